The van der Waals surface area contributed by atoms with Crippen molar-refractivity contribution in [2.75, 3.05) is 13.7 Å². The van der Waals surface area contributed by atoms with E-state index in [9.17, 15) is 0 Å². The average Bonchev–Trinajstić information content (AvgIpc) is 2.36. The van der Waals surface area contributed by atoms with Gasteiger partial charge in [-0.25, -0.2) is 0 Å². The van der Waals surface area contributed by atoms with E-state index in [2.05, 4.69) is 13.0 Å². The van der Waals surface area contributed by atoms with Gasteiger partial charge in [0, 0.05) is 10.8 Å². The van der Waals surface area contributed by atoms with E-state index in [4.69, 9.17) is 9.47 Å². The van der Waals surface area contributed by atoms with Crippen molar-refractivity contribution in [1.82, 2.24) is 0 Å². The second-order valence-electron chi connectivity index (χ2n) is 3.66. The maximum Gasteiger partial charge on any atom is 0.127 e. The number of hydrogen-bond donors (Lipinski definition) is 0. The Balaban J connectivity index is 2.51. The molecule has 0 bridgehead atoms. The van der Waals surface area contributed by atoms with Gasteiger partial charge in [0.05, 0.1) is 13.7 Å². The van der Waals surface area contributed by atoms with Crippen LogP contribution in [0.2, 0.25) is 0 Å². The molecule has 0 radical (unpaired) electrons. The molecule has 0 aliphatic rings. The van der Waals surface area contributed by atoms with Crippen molar-refractivity contribution in [2.45, 2.75) is 13.3 Å². The van der Waals surface area contributed by atoms with Crippen molar-refractivity contribution in [1.29, 1.82) is 0 Å². The molecule has 0 saturated carbocycles. The van der Waals surface area contributed by atoms with Crippen molar-refractivity contribution in [3.63, 3.8) is 0 Å². The Labute approximate surface area is 95.8 Å². The maximum absolute atomic E-state index is 5.71. The van der Waals surface area contributed by atoms with Gasteiger partial charge in [-0.05, 0) is 18.6 Å². The third-order valence-corrected chi connectivity index (χ3v) is 2.53. The summed E-state index contributed by atoms with van der Waals surface area (Å²) >= 11 is 0. The van der Waals surface area contributed by atoms with E-state index in [1.807, 2.05) is 30.3 Å². The average molecular weight is 216 g/mol. The van der Waals surface area contributed by atoms with Crippen molar-refractivity contribution >= 4 is 10.8 Å². The minimum Gasteiger partial charge on any atom is -0.496 e. The first kappa shape index (κ1) is 10.8. The Hall–Kier alpha value is -1.70. The highest BCUT2D eigenvalue weighted by molar-refractivity contribution is 5.93. The summed E-state index contributed by atoms with van der Waals surface area (Å²) in [4.78, 5) is 0. The lowest BCUT2D eigenvalue weighted by Gasteiger charge is -2.11. The van der Waals surface area contributed by atoms with Crippen LogP contribution in [0.15, 0.2) is 36.4 Å². The molecule has 2 aromatic rings. The molecule has 0 aromatic heterocycles. The third-order valence-electron chi connectivity index (χ3n) is 2.53. The molecule has 2 rings (SSSR count). The highest BCUT2D eigenvalue weighted by Crippen LogP contribution is 2.32. The van der Waals surface area contributed by atoms with Gasteiger partial charge in [-0.15, -0.1) is 0 Å². The summed E-state index contributed by atoms with van der Waals surface area (Å²) in [5.74, 6) is 1.82. The number of ether oxygens (including phenoxy) is 2. The predicted molar refractivity (Wildman–Crippen MR) is 66.3 cm³/mol. The first-order valence-electron chi connectivity index (χ1n) is 5.55. The molecule has 2 nitrogen and oxygen atoms in total. The van der Waals surface area contributed by atoms with Gasteiger partial charge in [-0.1, -0.05) is 31.2 Å². The van der Waals surface area contributed by atoms with Gasteiger partial charge < -0.3 is 9.47 Å². The van der Waals surface area contributed by atoms with E-state index in [1.165, 1.54) is 0 Å². The van der Waals surface area contributed by atoms with Gasteiger partial charge in [0.15, 0.2) is 0 Å². The van der Waals surface area contributed by atoms with E-state index in [0.717, 1.165) is 35.3 Å². The van der Waals surface area contributed by atoms with E-state index in [1.54, 1.807) is 7.11 Å². The number of rotatable bonds is 4. The molecule has 2 aromatic carbocycles. The molecule has 0 aliphatic carbocycles. The Morgan fingerprint density at radius 2 is 1.56 bits per heavy atom. The summed E-state index contributed by atoms with van der Waals surface area (Å²) in [6.07, 6.45) is 1.01. The lowest BCUT2D eigenvalue weighted by molar-refractivity contribution is 0.320. The van der Waals surface area contributed by atoms with Crippen LogP contribution < -0.4 is 9.47 Å². The second-order valence-corrected chi connectivity index (χ2v) is 3.66. The second kappa shape index (κ2) is 4.88. The smallest absolute Gasteiger partial charge is 0.127 e. The fourth-order valence-corrected chi connectivity index (χ4v) is 1.76. The van der Waals surface area contributed by atoms with Crippen LogP contribution in [0.3, 0.4) is 0 Å². The lowest BCUT2D eigenvalue weighted by atomic mass is 10.1. The molecule has 0 amide bonds. The molecule has 0 unspecified atom stereocenters. The molecule has 0 saturated heterocycles. The normalized spacial score (nSPS) is 10.4. The first-order chi connectivity index (χ1) is 7.86. The fraction of sp³-hybridized carbons (Fsp3) is 0.286. The molecule has 0 N–H and O–H groups in total. The van der Waals surface area contributed by atoms with Crippen LogP contribution in [0, 0.1) is 0 Å². The Bertz CT molecular complexity index is 477. The SMILES string of the molecule is CCCOc1ccc(OC)c2ccccc12. The van der Waals surface area contributed by atoms with Gasteiger partial charge >= 0.3 is 0 Å². The molecule has 0 atom stereocenters. The van der Waals surface area contributed by atoms with Gasteiger partial charge in [0.25, 0.3) is 0 Å². The third kappa shape index (κ3) is 1.96. The highest BCUT2D eigenvalue weighted by atomic mass is 16.5. The van der Waals surface area contributed by atoms with Crippen molar-refractivity contribution in [3.8, 4) is 11.5 Å². The molecule has 0 spiro atoms. The predicted octanol–water partition coefficient (Wildman–Crippen LogP) is 3.64. The van der Waals surface area contributed by atoms with E-state index < -0.39 is 0 Å². The number of hydrogen-bond acceptors (Lipinski definition) is 2. The van der Waals surface area contributed by atoms with Crippen LogP contribution in [0.4, 0.5) is 0 Å². The summed E-state index contributed by atoms with van der Waals surface area (Å²) in [7, 11) is 1.69. The highest BCUT2D eigenvalue weighted by Gasteiger charge is 2.05. The van der Waals surface area contributed by atoms with Crippen LogP contribution in [-0.4, -0.2) is 13.7 Å². The Kier molecular flexibility index (Phi) is 3.30. The zero-order valence-corrected chi connectivity index (χ0v) is 9.69. The van der Waals surface area contributed by atoms with Gasteiger partial charge in [-0.2, -0.15) is 0 Å². The molecule has 0 aliphatic heterocycles. The fourth-order valence-electron chi connectivity index (χ4n) is 1.76. The zero-order chi connectivity index (χ0) is 11.4. The summed E-state index contributed by atoms with van der Waals surface area (Å²) in [6.45, 7) is 2.85. The van der Waals surface area contributed by atoms with Gasteiger partial charge in [0.2, 0.25) is 0 Å². The van der Waals surface area contributed by atoms with E-state index in [0.29, 0.717) is 0 Å². The van der Waals surface area contributed by atoms with Crippen LogP contribution in [-0.2, 0) is 0 Å². The van der Waals surface area contributed by atoms with Gasteiger partial charge in [-0.3, -0.25) is 0 Å². The summed E-state index contributed by atoms with van der Waals surface area (Å²) in [6, 6.07) is 12.1. The zero-order valence-electron chi connectivity index (χ0n) is 9.69. The monoisotopic (exact) mass is 216 g/mol. The largest absolute Gasteiger partial charge is 0.496 e. The van der Waals surface area contributed by atoms with Crippen LogP contribution in [0.25, 0.3) is 10.8 Å². The number of methoxy groups -OCH3 is 1. The van der Waals surface area contributed by atoms with Crippen molar-refractivity contribution in [2.24, 2.45) is 0 Å². The molecule has 16 heavy (non-hydrogen) atoms. The van der Waals surface area contributed by atoms with Crippen molar-refractivity contribution in [3.05, 3.63) is 36.4 Å². The van der Waals surface area contributed by atoms with E-state index in [-0.39, 0.29) is 0 Å². The summed E-state index contributed by atoms with van der Waals surface area (Å²) < 4.78 is 11.0. The van der Waals surface area contributed by atoms with Crippen LogP contribution in [0.1, 0.15) is 13.3 Å². The molecular formula is C14H16O2. The minimum atomic E-state index is 0.746. The molecule has 2 heteroatoms. The van der Waals surface area contributed by atoms with Crippen molar-refractivity contribution < 1.29 is 9.47 Å². The summed E-state index contributed by atoms with van der Waals surface area (Å²) in [5, 5.41) is 2.20. The molecule has 84 valence electrons. The maximum atomic E-state index is 5.71. The number of fused-ring (bicyclic) bond motifs is 1. The molecule has 0 fully saturated rings. The molecule has 0 heterocycles. The van der Waals surface area contributed by atoms with Gasteiger partial charge in [0.1, 0.15) is 11.5 Å². The quantitative estimate of drug-likeness (QED) is 0.776. The van der Waals surface area contributed by atoms with Crippen LogP contribution >= 0.6 is 0 Å². The topological polar surface area (TPSA) is 18.5 Å². The molecular weight excluding hydrogens is 200 g/mol. The Morgan fingerprint density at radius 3 is 2.19 bits per heavy atom. The van der Waals surface area contributed by atoms with E-state index >= 15 is 0 Å². The Morgan fingerprint density at radius 1 is 0.938 bits per heavy atom. The van der Waals surface area contributed by atoms with Crippen LogP contribution in [0.5, 0.6) is 11.5 Å². The number of benzene rings is 2. The first-order valence-corrected chi connectivity index (χ1v) is 5.55. The lowest BCUT2D eigenvalue weighted by Crippen LogP contribution is -1.96. The standard InChI is InChI=1S/C14H16O2/c1-3-10-16-14-9-8-13(15-2)11-6-4-5-7-12(11)14/h4-9H,3,10H2,1-2H3. The summed E-state index contributed by atoms with van der Waals surface area (Å²) in [5.41, 5.74) is 0. The minimum absolute atomic E-state index is 0.746.